The number of nitriles is 1. The molecule has 94 valence electrons. The van der Waals surface area contributed by atoms with E-state index in [0.29, 0.717) is 11.3 Å². The molecule has 2 heterocycles. The molecule has 0 aromatic heterocycles. The second-order valence-corrected chi connectivity index (χ2v) is 5.20. The smallest absolute Gasteiger partial charge is 0.147 e. The molecule has 3 rings (SSSR count). The van der Waals surface area contributed by atoms with E-state index in [-0.39, 0.29) is 24.0 Å². The summed E-state index contributed by atoms with van der Waals surface area (Å²) in [5.74, 6) is -0.331. The number of halogens is 1. The van der Waals surface area contributed by atoms with Gasteiger partial charge in [0.25, 0.3) is 0 Å². The Hall–Kier alpha value is -1.60. The summed E-state index contributed by atoms with van der Waals surface area (Å²) in [6, 6.07) is 7.06. The highest BCUT2D eigenvalue weighted by Crippen LogP contribution is 2.40. The van der Waals surface area contributed by atoms with Crippen LogP contribution >= 0.6 is 0 Å². The highest BCUT2D eigenvalue weighted by molar-refractivity contribution is 5.54. The Bertz CT molecular complexity index is 497. The van der Waals surface area contributed by atoms with Crippen LogP contribution in [0, 0.1) is 17.1 Å². The zero-order chi connectivity index (χ0) is 12.7. The van der Waals surface area contributed by atoms with E-state index in [1.807, 2.05) is 6.07 Å². The van der Waals surface area contributed by atoms with Gasteiger partial charge in [-0.2, -0.15) is 5.26 Å². The lowest BCUT2D eigenvalue weighted by Crippen LogP contribution is -2.45. The van der Waals surface area contributed by atoms with Crippen molar-refractivity contribution >= 4 is 5.69 Å². The zero-order valence-corrected chi connectivity index (χ0v) is 10.0. The van der Waals surface area contributed by atoms with Crippen molar-refractivity contribution < 1.29 is 9.50 Å². The van der Waals surface area contributed by atoms with Crippen molar-refractivity contribution in [3.8, 4) is 6.07 Å². The highest BCUT2D eigenvalue weighted by atomic mass is 19.1. The minimum Gasteiger partial charge on any atom is -0.393 e. The van der Waals surface area contributed by atoms with Crippen molar-refractivity contribution in [3.05, 3.63) is 29.6 Å². The number of hydrogen-bond donors (Lipinski definition) is 1. The van der Waals surface area contributed by atoms with Gasteiger partial charge >= 0.3 is 0 Å². The minimum atomic E-state index is -0.331. The Kier molecular flexibility index (Phi) is 2.71. The van der Waals surface area contributed by atoms with Crippen LogP contribution in [0.1, 0.15) is 31.2 Å². The summed E-state index contributed by atoms with van der Waals surface area (Å²) < 4.78 is 14.0. The summed E-state index contributed by atoms with van der Waals surface area (Å²) in [6.45, 7) is 0. The van der Waals surface area contributed by atoms with Crippen molar-refractivity contribution in [3.63, 3.8) is 0 Å². The monoisotopic (exact) mass is 246 g/mol. The Balaban J connectivity index is 1.94. The Labute approximate surface area is 105 Å². The van der Waals surface area contributed by atoms with Crippen LogP contribution in [0.5, 0.6) is 0 Å². The normalized spacial score (nSPS) is 30.3. The lowest BCUT2D eigenvalue weighted by Gasteiger charge is -2.39. The number of piperidine rings is 1. The molecule has 2 atom stereocenters. The summed E-state index contributed by atoms with van der Waals surface area (Å²) in [5, 5.41) is 18.5. The molecule has 2 bridgehead atoms. The van der Waals surface area contributed by atoms with Gasteiger partial charge in [-0.3, -0.25) is 0 Å². The molecule has 2 aliphatic rings. The predicted octanol–water partition coefficient (Wildman–Crippen LogP) is 2.19. The number of fused-ring (bicyclic) bond motifs is 2. The predicted molar refractivity (Wildman–Crippen MR) is 65.6 cm³/mol. The minimum absolute atomic E-state index is 0.237. The molecule has 2 aliphatic heterocycles. The van der Waals surface area contributed by atoms with Crippen LogP contribution in [0.25, 0.3) is 0 Å². The first-order valence-electron chi connectivity index (χ1n) is 6.35. The van der Waals surface area contributed by atoms with Crippen LogP contribution in [0.2, 0.25) is 0 Å². The molecule has 2 saturated heterocycles. The van der Waals surface area contributed by atoms with Gasteiger partial charge < -0.3 is 10.0 Å². The van der Waals surface area contributed by atoms with Gasteiger partial charge in [0.15, 0.2) is 0 Å². The standard InChI is InChI=1S/C14H15FN2O/c15-13-5-9(8-16)1-4-14(13)17-10-2-3-11(17)7-12(18)6-10/h1,4-5,10-12,18H,2-3,6-7H2. The van der Waals surface area contributed by atoms with Gasteiger partial charge in [-0.15, -0.1) is 0 Å². The molecule has 0 radical (unpaired) electrons. The first kappa shape index (κ1) is 11.5. The lowest BCUT2D eigenvalue weighted by atomic mass is 9.98. The van der Waals surface area contributed by atoms with Crippen molar-refractivity contribution in [1.29, 1.82) is 5.26 Å². The largest absolute Gasteiger partial charge is 0.393 e. The topological polar surface area (TPSA) is 47.3 Å². The first-order chi connectivity index (χ1) is 8.69. The summed E-state index contributed by atoms with van der Waals surface area (Å²) in [4.78, 5) is 2.10. The van der Waals surface area contributed by atoms with Crippen LogP contribution in [0.4, 0.5) is 10.1 Å². The molecule has 0 amide bonds. The second-order valence-electron chi connectivity index (χ2n) is 5.20. The molecule has 2 fully saturated rings. The Morgan fingerprint density at radius 1 is 1.28 bits per heavy atom. The van der Waals surface area contributed by atoms with E-state index < -0.39 is 0 Å². The molecule has 0 saturated carbocycles. The fraction of sp³-hybridized carbons (Fsp3) is 0.500. The van der Waals surface area contributed by atoms with Crippen molar-refractivity contribution in [2.75, 3.05) is 4.90 Å². The van der Waals surface area contributed by atoms with Gasteiger partial charge in [-0.05, 0) is 43.9 Å². The van der Waals surface area contributed by atoms with Crippen LogP contribution in [0.3, 0.4) is 0 Å². The maximum absolute atomic E-state index is 14.0. The van der Waals surface area contributed by atoms with Gasteiger partial charge in [-0.25, -0.2) is 4.39 Å². The molecular formula is C14H15FN2O. The average Bonchev–Trinajstić information content (AvgIpc) is 2.61. The van der Waals surface area contributed by atoms with E-state index in [9.17, 15) is 9.50 Å². The maximum atomic E-state index is 14.0. The molecule has 4 heteroatoms. The van der Waals surface area contributed by atoms with Crippen LogP contribution in [0.15, 0.2) is 18.2 Å². The number of anilines is 1. The van der Waals surface area contributed by atoms with Gasteiger partial charge in [0.05, 0.1) is 23.4 Å². The van der Waals surface area contributed by atoms with E-state index in [0.717, 1.165) is 25.7 Å². The molecule has 18 heavy (non-hydrogen) atoms. The highest BCUT2D eigenvalue weighted by Gasteiger charge is 2.41. The summed E-state index contributed by atoms with van der Waals surface area (Å²) >= 11 is 0. The first-order valence-corrected chi connectivity index (χ1v) is 6.35. The fourth-order valence-corrected chi connectivity index (χ4v) is 3.33. The lowest BCUT2D eigenvalue weighted by molar-refractivity contribution is 0.126. The van der Waals surface area contributed by atoms with E-state index in [1.54, 1.807) is 12.1 Å². The quantitative estimate of drug-likeness (QED) is 0.826. The molecule has 3 nitrogen and oxygen atoms in total. The maximum Gasteiger partial charge on any atom is 0.147 e. The average molecular weight is 246 g/mol. The van der Waals surface area contributed by atoms with Crippen molar-refractivity contribution in [1.82, 2.24) is 0 Å². The van der Waals surface area contributed by atoms with E-state index in [4.69, 9.17) is 5.26 Å². The summed E-state index contributed by atoms with van der Waals surface area (Å²) in [6.07, 6.45) is 3.22. The van der Waals surface area contributed by atoms with E-state index in [1.165, 1.54) is 6.07 Å². The van der Waals surface area contributed by atoms with Crippen molar-refractivity contribution in [2.45, 2.75) is 43.9 Å². The molecule has 0 spiro atoms. The molecule has 2 unspecified atom stereocenters. The molecule has 1 aromatic rings. The van der Waals surface area contributed by atoms with E-state index >= 15 is 0 Å². The van der Waals surface area contributed by atoms with E-state index in [2.05, 4.69) is 4.90 Å². The molecule has 0 aliphatic carbocycles. The Morgan fingerprint density at radius 2 is 1.94 bits per heavy atom. The third-order valence-corrected chi connectivity index (χ3v) is 4.06. The summed E-state index contributed by atoms with van der Waals surface area (Å²) in [7, 11) is 0. The van der Waals surface area contributed by atoms with Gasteiger partial charge in [0.1, 0.15) is 5.82 Å². The number of benzene rings is 1. The SMILES string of the molecule is N#Cc1ccc(N2C3CCC2CC(O)C3)c(F)c1. The van der Waals surface area contributed by atoms with Gasteiger partial charge in [0, 0.05) is 12.1 Å². The molecule has 1 N–H and O–H groups in total. The molecule has 1 aromatic carbocycles. The molecular weight excluding hydrogens is 231 g/mol. The number of aliphatic hydroxyl groups excluding tert-OH is 1. The van der Waals surface area contributed by atoms with Gasteiger partial charge in [0.2, 0.25) is 0 Å². The van der Waals surface area contributed by atoms with Crippen LogP contribution in [-0.2, 0) is 0 Å². The summed E-state index contributed by atoms with van der Waals surface area (Å²) in [5.41, 5.74) is 0.925. The second kappa shape index (κ2) is 4.25. The third-order valence-electron chi connectivity index (χ3n) is 4.06. The van der Waals surface area contributed by atoms with Crippen LogP contribution in [-0.4, -0.2) is 23.3 Å². The number of aliphatic hydroxyl groups is 1. The Morgan fingerprint density at radius 3 is 2.50 bits per heavy atom. The van der Waals surface area contributed by atoms with Gasteiger partial charge in [-0.1, -0.05) is 0 Å². The van der Waals surface area contributed by atoms with Crippen LogP contribution < -0.4 is 4.90 Å². The van der Waals surface area contributed by atoms with Crippen molar-refractivity contribution in [2.24, 2.45) is 0 Å². The third kappa shape index (κ3) is 1.75. The zero-order valence-electron chi connectivity index (χ0n) is 10.0. The number of nitrogens with zero attached hydrogens (tertiary/aromatic N) is 2. The number of hydrogen-bond acceptors (Lipinski definition) is 3. The number of rotatable bonds is 1. The fourth-order valence-electron chi connectivity index (χ4n) is 3.33.